The number of hydrogen-bond donors (Lipinski definition) is 1. The number of aliphatic hydroxyl groups excluding tert-OH is 1. The van der Waals surface area contributed by atoms with E-state index >= 15 is 0 Å². The Kier molecular flexibility index (Phi) is 5.06. The van der Waals surface area contributed by atoms with Gasteiger partial charge in [0.1, 0.15) is 0 Å². The normalized spacial score (nSPS) is 19.7. The average Bonchev–Trinajstić information content (AvgIpc) is 2.16. The fourth-order valence-corrected chi connectivity index (χ4v) is 1.74. The van der Waals surface area contributed by atoms with Crippen molar-refractivity contribution in [1.82, 2.24) is 0 Å². The molecule has 0 saturated carbocycles. The molecule has 1 aliphatic rings. The Balaban J connectivity index is 2.18. The molecule has 0 spiro atoms. The van der Waals surface area contributed by atoms with E-state index in [0.717, 1.165) is 32.2 Å². The van der Waals surface area contributed by atoms with Crippen molar-refractivity contribution in [2.45, 2.75) is 58.0 Å². The molecule has 0 radical (unpaired) electrons. The molecule has 0 aromatic carbocycles. The van der Waals surface area contributed by atoms with Crippen molar-refractivity contribution < 1.29 is 5.11 Å². The van der Waals surface area contributed by atoms with E-state index in [1.165, 1.54) is 25.0 Å². The molecule has 1 rings (SSSR count). The first kappa shape index (κ1) is 10.7. The van der Waals surface area contributed by atoms with Crippen LogP contribution in [0.4, 0.5) is 0 Å². The zero-order valence-electron chi connectivity index (χ0n) is 8.63. The van der Waals surface area contributed by atoms with Crippen LogP contribution in [0.25, 0.3) is 0 Å². The SMILES string of the molecule is CCCCC(O)CC1=NCCCC1. The van der Waals surface area contributed by atoms with Crippen LogP contribution in [0, 0.1) is 0 Å². The number of nitrogens with zero attached hydrogens (tertiary/aromatic N) is 1. The summed E-state index contributed by atoms with van der Waals surface area (Å²) in [7, 11) is 0. The molecule has 0 fully saturated rings. The number of hydrogen-bond acceptors (Lipinski definition) is 2. The highest BCUT2D eigenvalue weighted by molar-refractivity contribution is 5.85. The molecular weight excluding hydrogens is 162 g/mol. The third kappa shape index (κ3) is 4.41. The van der Waals surface area contributed by atoms with Gasteiger partial charge in [-0.1, -0.05) is 19.8 Å². The van der Waals surface area contributed by atoms with Gasteiger partial charge in [0, 0.05) is 18.7 Å². The van der Waals surface area contributed by atoms with E-state index in [-0.39, 0.29) is 6.10 Å². The smallest absolute Gasteiger partial charge is 0.0592 e. The summed E-state index contributed by atoms with van der Waals surface area (Å²) in [6.45, 7) is 3.14. The van der Waals surface area contributed by atoms with Crippen LogP contribution in [0.5, 0.6) is 0 Å². The van der Waals surface area contributed by atoms with Crippen LogP contribution >= 0.6 is 0 Å². The first-order valence-corrected chi connectivity index (χ1v) is 5.53. The predicted molar refractivity (Wildman–Crippen MR) is 56.3 cm³/mol. The van der Waals surface area contributed by atoms with E-state index in [9.17, 15) is 5.11 Å². The highest BCUT2D eigenvalue weighted by Gasteiger charge is 2.10. The van der Waals surface area contributed by atoms with Crippen LogP contribution in [-0.4, -0.2) is 23.5 Å². The van der Waals surface area contributed by atoms with E-state index in [1.807, 2.05) is 0 Å². The van der Waals surface area contributed by atoms with E-state index in [1.54, 1.807) is 0 Å². The Hall–Kier alpha value is -0.370. The van der Waals surface area contributed by atoms with Crippen molar-refractivity contribution in [1.29, 1.82) is 0 Å². The zero-order valence-corrected chi connectivity index (χ0v) is 8.63. The van der Waals surface area contributed by atoms with Gasteiger partial charge in [-0.2, -0.15) is 0 Å². The molecule has 0 bridgehead atoms. The van der Waals surface area contributed by atoms with Gasteiger partial charge in [-0.05, 0) is 25.7 Å². The monoisotopic (exact) mass is 183 g/mol. The Bertz CT molecular complexity index is 165. The van der Waals surface area contributed by atoms with Crippen molar-refractivity contribution in [3.05, 3.63) is 0 Å². The Labute approximate surface area is 81.1 Å². The maximum Gasteiger partial charge on any atom is 0.0592 e. The molecule has 1 atom stereocenters. The van der Waals surface area contributed by atoms with Crippen molar-refractivity contribution in [2.75, 3.05) is 6.54 Å². The van der Waals surface area contributed by atoms with Gasteiger partial charge in [-0.3, -0.25) is 4.99 Å². The predicted octanol–water partition coefficient (Wildman–Crippen LogP) is 2.55. The lowest BCUT2D eigenvalue weighted by atomic mass is 10.0. The van der Waals surface area contributed by atoms with Gasteiger partial charge in [-0.15, -0.1) is 0 Å². The van der Waals surface area contributed by atoms with Gasteiger partial charge in [-0.25, -0.2) is 0 Å². The molecule has 1 aliphatic heterocycles. The third-order valence-electron chi connectivity index (χ3n) is 2.57. The van der Waals surface area contributed by atoms with Gasteiger partial charge in [0.2, 0.25) is 0 Å². The topological polar surface area (TPSA) is 32.6 Å². The van der Waals surface area contributed by atoms with Gasteiger partial charge in [0.25, 0.3) is 0 Å². The molecule has 1 N–H and O–H groups in total. The molecule has 0 aromatic heterocycles. The molecule has 2 nitrogen and oxygen atoms in total. The van der Waals surface area contributed by atoms with Gasteiger partial charge in [0.05, 0.1) is 6.10 Å². The first-order chi connectivity index (χ1) is 6.33. The number of rotatable bonds is 5. The second kappa shape index (κ2) is 6.14. The maximum absolute atomic E-state index is 9.65. The highest BCUT2D eigenvalue weighted by atomic mass is 16.3. The van der Waals surface area contributed by atoms with Crippen molar-refractivity contribution >= 4 is 5.71 Å². The van der Waals surface area contributed by atoms with Crippen LogP contribution in [0.1, 0.15) is 51.9 Å². The minimum Gasteiger partial charge on any atom is -0.393 e. The number of unbranched alkanes of at least 4 members (excludes halogenated alkanes) is 1. The largest absolute Gasteiger partial charge is 0.393 e. The lowest BCUT2D eigenvalue weighted by Gasteiger charge is -2.15. The third-order valence-corrected chi connectivity index (χ3v) is 2.57. The number of aliphatic hydroxyl groups is 1. The summed E-state index contributed by atoms with van der Waals surface area (Å²) in [6.07, 6.45) is 7.53. The van der Waals surface area contributed by atoms with Crippen LogP contribution in [-0.2, 0) is 0 Å². The molecule has 0 saturated heterocycles. The van der Waals surface area contributed by atoms with Crippen LogP contribution in [0.2, 0.25) is 0 Å². The second-order valence-electron chi connectivity index (χ2n) is 3.91. The van der Waals surface area contributed by atoms with Crippen molar-refractivity contribution in [3.63, 3.8) is 0 Å². The Morgan fingerprint density at radius 2 is 2.31 bits per heavy atom. The maximum atomic E-state index is 9.65. The molecule has 2 heteroatoms. The fourth-order valence-electron chi connectivity index (χ4n) is 1.74. The van der Waals surface area contributed by atoms with E-state index in [4.69, 9.17) is 0 Å². The van der Waals surface area contributed by atoms with Crippen LogP contribution < -0.4 is 0 Å². The summed E-state index contributed by atoms with van der Waals surface area (Å²) in [4.78, 5) is 4.43. The molecule has 1 heterocycles. The molecule has 76 valence electrons. The molecule has 0 aromatic rings. The van der Waals surface area contributed by atoms with E-state index in [0.29, 0.717) is 0 Å². The minimum absolute atomic E-state index is 0.142. The Morgan fingerprint density at radius 3 is 2.92 bits per heavy atom. The molecule has 13 heavy (non-hydrogen) atoms. The Morgan fingerprint density at radius 1 is 1.46 bits per heavy atom. The van der Waals surface area contributed by atoms with Gasteiger partial charge < -0.3 is 5.11 Å². The van der Waals surface area contributed by atoms with Crippen LogP contribution in [0.3, 0.4) is 0 Å². The summed E-state index contributed by atoms with van der Waals surface area (Å²) < 4.78 is 0. The van der Waals surface area contributed by atoms with Crippen molar-refractivity contribution in [3.8, 4) is 0 Å². The van der Waals surface area contributed by atoms with Crippen molar-refractivity contribution in [2.24, 2.45) is 4.99 Å². The summed E-state index contributed by atoms with van der Waals surface area (Å²) in [5.41, 5.74) is 1.25. The average molecular weight is 183 g/mol. The van der Waals surface area contributed by atoms with Gasteiger partial charge in [0.15, 0.2) is 0 Å². The lowest BCUT2D eigenvalue weighted by molar-refractivity contribution is 0.168. The molecular formula is C11H21NO. The minimum atomic E-state index is -0.142. The standard InChI is InChI=1S/C11H21NO/c1-2-3-7-11(13)9-10-6-4-5-8-12-10/h11,13H,2-9H2,1H3. The zero-order chi connectivity index (χ0) is 9.52. The molecule has 1 unspecified atom stereocenters. The van der Waals surface area contributed by atoms with E-state index < -0.39 is 0 Å². The molecule has 0 amide bonds. The summed E-state index contributed by atoms with van der Waals surface area (Å²) in [5, 5.41) is 9.65. The highest BCUT2D eigenvalue weighted by Crippen LogP contribution is 2.12. The summed E-state index contributed by atoms with van der Waals surface area (Å²) in [5.74, 6) is 0. The lowest BCUT2D eigenvalue weighted by Crippen LogP contribution is -2.16. The van der Waals surface area contributed by atoms with E-state index in [2.05, 4.69) is 11.9 Å². The first-order valence-electron chi connectivity index (χ1n) is 5.53. The van der Waals surface area contributed by atoms with Gasteiger partial charge >= 0.3 is 0 Å². The summed E-state index contributed by atoms with van der Waals surface area (Å²) >= 11 is 0. The fraction of sp³-hybridized carbons (Fsp3) is 0.909. The summed E-state index contributed by atoms with van der Waals surface area (Å²) in [6, 6.07) is 0. The van der Waals surface area contributed by atoms with Crippen LogP contribution in [0.15, 0.2) is 4.99 Å². The molecule has 0 aliphatic carbocycles. The number of aliphatic imine (C=N–C) groups is 1. The quantitative estimate of drug-likeness (QED) is 0.698. The second-order valence-corrected chi connectivity index (χ2v) is 3.91.